The van der Waals surface area contributed by atoms with Crippen molar-refractivity contribution in [3.63, 3.8) is 0 Å². The molecule has 7 nitrogen and oxygen atoms in total. The molecule has 162 valence electrons. The molecule has 0 radical (unpaired) electrons. The van der Waals surface area contributed by atoms with Crippen LogP contribution in [-0.2, 0) is 22.6 Å². The summed E-state index contributed by atoms with van der Waals surface area (Å²) in [5.74, 6) is 1.34. The minimum atomic E-state index is -0.132. The first kappa shape index (κ1) is 22.3. The molecule has 1 fully saturated rings. The molecule has 2 aromatic rings. The summed E-state index contributed by atoms with van der Waals surface area (Å²) in [6.45, 7) is 6.79. The van der Waals surface area contributed by atoms with E-state index in [2.05, 4.69) is 27.8 Å². The number of carbonyl (C=O) groups excluding carboxylic acids is 2. The number of nitrogens with zero attached hydrogens (tertiary/aromatic N) is 3. The van der Waals surface area contributed by atoms with Crippen LogP contribution >= 0.6 is 11.8 Å². The molecule has 1 aliphatic rings. The Kier molecular flexibility index (Phi) is 7.90. The first-order valence-corrected chi connectivity index (χ1v) is 11.7. The minimum absolute atomic E-state index is 0.0308. The van der Waals surface area contributed by atoms with Crippen molar-refractivity contribution in [3.05, 3.63) is 35.7 Å². The Labute approximate surface area is 182 Å². The number of hydrogen-bond acceptors (Lipinski definition) is 5. The first-order chi connectivity index (χ1) is 14.5. The predicted molar refractivity (Wildman–Crippen MR) is 119 cm³/mol. The lowest BCUT2D eigenvalue weighted by Gasteiger charge is -2.29. The Hall–Kier alpha value is -2.35. The van der Waals surface area contributed by atoms with Crippen molar-refractivity contribution in [1.29, 1.82) is 0 Å². The van der Waals surface area contributed by atoms with Gasteiger partial charge in [0, 0.05) is 18.3 Å². The van der Waals surface area contributed by atoms with Gasteiger partial charge in [-0.05, 0) is 44.2 Å². The van der Waals surface area contributed by atoms with E-state index in [0.29, 0.717) is 29.2 Å². The van der Waals surface area contributed by atoms with Gasteiger partial charge in [0.05, 0.1) is 12.2 Å². The highest BCUT2D eigenvalue weighted by Crippen LogP contribution is 2.24. The van der Waals surface area contributed by atoms with Gasteiger partial charge < -0.3 is 15.2 Å². The summed E-state index contributed by atoms with van der Waals surface area (Å²) in [7, 11) is 0. The maximum Gasteiger partial charge on any atom is 0.232 e. The van der Waals surface area contributed by atoms with Gasteiger partial charge in [0.25, 0.3) is 0 Å². The van der Waals surface area contributed by atoms with Crippen LogP contribution in [-0.4, -0.2) is 38.4 Å². The molecule has 1 aromatic carbocycles. The lowest BCUT2D eigenvalue weighted by Crippen LogP contribution is -2.41. The van der Waals surface area contributed by atoms with Crippen LogP contribution < -0.4 is 10.6 Å². The lowest BCUT2D eigenvalue weighted by atomic mass is 9.86. The van der Waals surface area contributed by atoms with Gasteiger partial charge in [-0.3, -0.25) is 9.59 Å². The fraction of sp³-hybridized carbons (Fsp3) is 0.545. The summed E-state index contributed by atoms with van der Waals surface area (Å²) in [5, 5.41) is 15.2. The van der Waals surface area contributed by atoms with Crippen LogP contribution in [0.2, 0.25) is 0 Å². The highest BCUT2D eigenvalue weighted by atomic mass is 32.2. The summed E-state index contributed by atoms with van der Waals surface area (Å²) in [5.41, 5.74) is 1.81. The van der Waals surface area contributed by atoms with Crippen molar-refractivity contribution >= 4 is 29.3 Å². The summed E-state index contributed by atoms with van der Waals surface area (Å²) in [6.07, 6.45) is 4.81. The number of anilines is 1. The highest BCUT2D eigenvalue weighted by Gasteiger charge is 2.23. The van der Waals surface area contributed by atoms with E-state index in [4.69, 9.17) is 0 Å². The van der Waals surface area contributed by atoms with Gasteiger partial charge in [0.15, 0.2) is 5.16 Å². The average molecular weight is 430 g/mol. The largest absolute Gasteiger partial charge is 0.352 e. The van der Waals surface area contributed by atoms with E-state index < -0.39 is 0 Å². The number of aromatic nitrogens is 3. The maximum absolute atomic E-state index is 12.5. The Morgan fingerprint density at radius 1 is 1.17 bits per heavy atom. The molecule has 2 N–H and O–H groups in total. The molecule has 0 bridgehead atoms. The molecular formula is C22H31N5O2S. The molecule has 3 rings (SSSR count). The van der Waals surface area contributed by atoms with E-state index in [1.807, 2.05) is 42.7 Å². The van der Waals surface area contributed by atoms with Crippen LogP contribution in [0, 0.1) is 12.8 Å². The minimum Gasteiger partial charge on any atom is -0.352 e. The number of benzene rings is 1. The molecule has 30 heavy (non-hydrogen) atoms. The van der Waals surface area contributed by atoms with Gasteiger partial charge in [-0.25, -0.2) is 0 Å². The zero-order chi connectivity index (χ0) is 21.5. The molecule has 1 saturated carbocycles. The second kappa shape index (κ2) is 10.6. The van der Waals surface area contributed by atoms with Crippen LogP contribution in [0.5, 0.6) is 0 Å². The number of amides is 2. The van der Waals surface area contributed by atoms with E-state index in [9.17, 15) is 9.59 Å². The number of para-hydroxylation sites is 1. The number of hydrogen-bond donors (Lipinski definition) is 2. The van der Waals surface area contributed by atoms with Gasteiger partial charge >= 0.3 is 0 Å². The Morgan fingerprint density at radius 2 is 1.93 bits per heavy atom. The summed E-state index contributed by atoms with van der Waals surface area (Å²) in [6, 6.07) is 7.94. The van der Waals surface area contributed by atoms with Gasteiger partial charge in [0.1, 0.15) is 5.82 Å². The molecule has 1 aromatic heterocycles. The smallest absolute Gasteiger partial charge is 0.232 e. The van der Waals surface area contributed by atoms with Crippen molar-refractivity contribution in [2.24, 2.45) is 5.92 Å². The monoisotopic (exact) mass is 429 g/mol. The fourth-order valence-electron chi connectivity index (χ4n) is 3.83. The SMILES string of the molecule is CCn1c(CC(=O)Nc2ccccc2C)nnc1SCC(=O)N[C@H]1CCCC[C@H]1C. The van der Waals surface area contributed by atoms with Crippen molar-refractivity contribution in [3.8, 4) is 0 Å². The zero-order valence-corrected chi connectivity index (χ0v) is 18.8. The van der Waals surface area contributed by atoms with Crippen molar-refractivity contribution < 1.29 is 9.59 Å². The van der Waals surface area contributed by atoms with Crippen LogP contribution in [0.4, 0.5) is 5.69 Å². The summed E-state index contributed by atoms with van der Waals surface area (Å²) in [4.78, 5) is 24.9. The number of rotatable bonds is 8. The predicted octanol–water partition coefficient (Wildman–Crippen LogP) is 3.57. The average Bonchev–Trinajstić information content (AvgIpc) is 3.11. The van der Waals surface area contributed by atoms with Crippen LogP contribution in [0.3, 0.4) is 0 Å². The van der Waals surface area contributed by atoms with Gasteiger partial charge in [0.2, 0.25) is 11.8 Å². The summed E-state index contributed by atoms with van der Waals surface area (Å²) < 4.78 is 1.90. The number of nitrogens with one attached hydrogen (secondary N) is 2. The van der Waals surface area contributed by atoms with Crippen LogP contribution in [0.25, 0.3) is 0 Å². The number of thioether (sulfide) groups is 1. The molecule has 8 heteroatoms. The Balaban J connectivity index is 1.55. The molecule has 1 aliphatic carbocycles. The van der Waals surface area contributed by atoms with E-state index in [-0.39, 0.29) is 24.3 Å². The third kappa shape index (κ3) is 5.84. The normalized spacial score (nSPS) is 18.8. The third-order valence-electron chi connectivity index (χ3n) is 5.64. The topological polar surface area (TPSA) is 88.9 Å². The van der Waals surface area contributed by atoms with Gasteiger partial charge in [-0.1, -0.05) is 49.7 Å². The fourth-order valence-corrected chi connectivity index (χ4v) is 4.67. The van der Waals surface area contributed by atoms with Crippen molar-refractivity contribution in [2.45, 2.75) is 70.6 Å². The Morgan fingerprint density at radius 3 is 2.67 bits per heavy atom. The van der Waals surface area contributed by atoms with E-state index >= 15 is 0 Å². The molecule has 2 amide bonds. The molecule has 2 atom stereocenters. The molecule has 0 unspecified atom stereocenters. The van der Waals surface area contributed by atoms with Gasteiger partial charge in [-0.15, -0.1) is 10.2 Å². The Bertz CT molecular complexity index is 882. The molecule has 0 spiro atoms. The second-order valence-corrected chi connectivity index (χ2v) is 8.85. The summed E-state index contributed by atoms with van der Waals surface area (Å²) >= 11 is 1.37. The van der Waals surface area contributed by atoms with E-state index in [0.717, 1.165) is 17.7 Å². The van der Waals surface area contributed by atoms with E-state index in [1.165, 1.54) is 31.0 Å². The van der Waals surface area contributed by atoms with Crippen LogP contribution in [0.15, 0.2) is 29.4 Å². The number of aryl methyl sites for hydroxylation is 1. The first-order valence-electron chi connectivity index (χ1n) is 10.7. The molecular weight excluding hydrogens is 398 g/mol. The third-order valence-corrected chi connectivity index (χ3v) is 6.60. The van der Waals surface area contributed by atoms with Crippen molar-refractivity contribution in [1.82, 2.24) is 20.1 Å². The number of carbonyl (C=O) groups is 2. The maximum atomic E-state index is 12.5. The van der Waals surface area contributed by atoms with Crippen LogP contribution in [0.1, 0.15) is 50.9 Å². The standard InChI is InChI=1S/C22H31N5O2S/c1-4-27-19(13-20(28)23-17-11-7-5-9-15(17)2)25-26-22(27)30-14-21(29)24-18-12-8-6-10-16(18)3/h5,7,9,11,16,18H,4,6,8,10,12-14H2,1-3H3,(H,23,28)(H,24,29)/t16-,18+/m1/s1. The zero-order valence-electron chi connectivity index (χ0n) is 18.0. The molecule has 0 saturated heterocycles. The molecule has 0 aliphatic heterocycles. The molecule has 1 heterocycles. The quantitative estimate of drug-likeness (QED) is 0.626. The van der Waals surface area contributed by atoms with E-state index in [1.54, 1.807) is 0 Å². The van der Waals surface area contributed by atoms with Gasteiger partial charge in [-0.2, -0.15) is 0 Å². The highest BCUT2D eigenvalue weighted by molar-refractivity contribution is 7.99. The lowest BCUT2D eigenvalue weighted by molar-refractivity contribution is -0.120. The second-order valence-electron chi connectivity index (χ2n) is 7.91. The van der Waals surface area contributed by atoms with Crippen molar-refractivity contribution in [2.75, 3.05) is 11.1 Å².